The van der Waals surface area contributed by atoms with Gasteiger partial charge in [0.25, 0.3) is 0 Å². The molecule has 0 heterocycles. The van der Waals surface area contributed by atoms with Crippen molar-refractivity contribution in [3.05, 3.63) is 29.3 Å². The van der Waals surface area contributed by atoms with Crippen molar-refractivity contribution in [3.63, 3.8) is 0 Å². The smallest absolute Gasteiger partial charge is 0.308 e. The van der Waals surface area contributed by atoms with Crippen LogP contribution in [0, 0.1) is 6.92 Å². The molecule has 0 amide bonds. The zero-order valence-corrected chi connectivity index (χ0v) is 11.4. The molecule has 0 saturated carbocycles. The molecule has 0 fully saturated rings. The molecule has 5 heteroatoms. The van der Waals surface area contributed by atoms with E-state index in [1.807, 2.05) is 6.92 Å². The quantitative estimate of drug-likeness (QED) is 0.762. The van der Waals surface area contributed by atoms with Crippen molar-refractivity contribution in [1.29, 1.82) is 0 Å². The minimum Gasteiger partial charge on any atom is -0.496 e. The van der Waals surface area contributed by atoms with E-state index in [0.29, 0.717) is 11.3 Å². The van der Waals surface area contributed by atoms with E-state index in [-0.39, 0.29) is 13.0 Å². The molecule has 0 aliphatic carbocycles. The van der Waals surface area contributed by atoms with Crippen molar-refractivity contribution >= 4 is 5.97 Å². The number of ether oxygens (including phenoxy) is 2. The van der Waals surface area contributed by atoms with E-state index in [1.165, 1.54) is 0 Å². The lowest BCUT2D eigenvalue weighted by molar-refractivity contribution is -0.147. The fourth-order valence-corrected chi connectivity index (χ4v) is 1.81. The van der Waals surface area contributed by atoms with Crippen molar-refractivity contribution < 1.29 is 24.5 Å². The number of hydrogen-bond donors (Lipinski definition) is 2. The van der Waals surface area contributed by atoms with E-state index in [0.717, 1.165) is 5.56 Å². The number of carbonyl (C=O) groups excluding carboxylic acids is 1. The highest BCUT2D eigenvalue weighted by atomic mass is 16.5. The van der Waals surface area contributed by atoms with Crippen molar-refractivity contribution in [2.24, 2.45) is 0 Å². The second-order valence-corrected chi connectivity index (χ2v) is 4.25. The number of rotatable bonds is 6. The van der Waals surface area contributed by atoms with Crippen LogP contribution in [-0.4, -0.2) is 36.0 Å². The van der Waals surface area contributed by atoms with Crippen LogP contribution in [0.25, 0.3) is 0 Å². The number of aryl methyl sites for hydroxylation is 1. The Balaban J connectivity index is 2.73. The van der Waals surface area contributed by atoms with Gasteiger partial charge in [0.05, 0.1) is 26.2 Å². The number of aliphatic hydroxyl groups excluding tert-OH is 2. The summed E-state index contributed by atoms with van der Waals surface area (Å²) in [5.41, 5.74) is 1.39. The fraction of sp³-hybridized carbons (Fsp3) is 0.500. The van der Waals surface area contributed by atoms with Gasteiger partial charge in [0.2, 0.25) is 0 Å². The van der Waals surface area contributed by atoms with Crippen LogP contribution >= 0.6 is 0 Å². The van der Waals surface area contributed by atoms with Gasteiger partial charge in [-0.2, -0.15) is 0 Å². The first-order valence-corrected chi connectivity index (χ1v) is 6.15. The number of hydrogen-bond acceptors (Lipinski definition) is 5. The van der Waals surface area contributed by atoms with E-state index in [1.54, 1.807) is 32.2 Å². The third-order valence-electron chi connectivity index (χ3n) is 2.81. The van der Waals surface area contributed by atoms with E-state index >= 15 is 0 Å². The van der Waals surface area contributed by atoms with E-state index in [9.17, 15) is 15.0 Å². The molecule has 2 N–H and O–H groups in total. The first-order valence-electron chi connectivity index (χ1n) is 6.15. The molecule has 0 spiro atoms. The van der Waals surface area contributed by atoms with Crippen LogP contribution < -0.4 is 4.74 Å². The third-order valence-corrected chi connectivity index (χ3v) is 2.81. The Morgan fingerprint density at radius 2 is 2.05 bits per heavy atom. The molecule has 0 radical (unpaired) electrons. The largest absolute Gasteiger partial charge is 0.496 e. The Morgan fingerprint density at radius 3 is 2.58 bits per heavy atom. The third kappa shape index (κ3) is 4.22. The maximum Gasteiger partial charge on any atom is 0.308 e. The Kier molecular flexibility index (Phi) is 5.79. The second kappa shape index (κ2) is 7.11. The van der Waals surface area contributed by atoms with Crippen LogP contribution in [-0.2, 0) is 9.53 Å². The van der Waals surface area contributed by atoms with Crippen LogP contribution in [0.4, 0.5) is 0 Å². The molecule has 2 atom stereocenters. The highest BCUT2D eigenvalue weighted by Gasteiger charge is 2.22. The topological polar surface area (TPSA) is 76.0 Å². The van der Waals surface area contributed by atoms with E-state index in [4.69, 9.17) is 9.47 Å². The van der Waals surface area contributed by atoms with E-state index in [2.05, 4.69) is 0 Å². The first kappa shape index (κ1) is 15.5. The molecule has 2 unspecified atom stereocenters. The molecule has 1 aromatic carbocycles. The minimum absolute atomic E-state index is 0.236. The first-order chi connectivity index (χ1) is 8.99. The zero-order chi connectivity index (χ0) is 14.4. The Morgan fingerprint density at radius 1 is 1.37 bits per heavy atom. The van der Waals surface area contributed by atoms with Crippen molar-refractivity contribution in [2.45, 2.75) is 32.5 Å². The highest BCUT2D eigenvalue weighted by molar-refractivity contribution is 5.70. The maximum atomic E-state index is 11.2. The van der Waals surface area contributed by atoms with Gasteiger partial charge in [-0.05, 0) is 37.1 Å². The molecular weight excluding hydrogens is 248 g/mol. The van der Waals surface area contributed by atoms with Gasteiger partial charge in [-0.15, -0.1) is 0 Å². The minimum atomic E-state index is -1.19. The van der Waals surface area contributed by atoms with Crippen molar-refractivity contribution in [3.8, 4) is 5.75 Å². The molecule has 0 aromatic heterocycles. The van der Waals surface area contributed by atoms with Crippen molar-refractivity contribution in [2.75, 3.05) is 13.7 Å². The maximum absolute atomic E-state index is 11.2. The Labute approximate surface area is 112 Å². The number of methoxy groups -OCH3 is 1. The van der Waals surface area contributed by atoms with Gasteiger partial charge in [0.15, 0.2) is 0 Å². The molecule has 1 aromatic rings. The van der Waals surface area contributed by atoms with Crippen LogP contribution in [0.5, 0.6) is 5.75 Å². The molecule has 0 aliphatic rings. The van der Waals surface area contributed by atoms with Gasteiger partial charge >= 0.3 is 5.97 Å². The van der Waals surface area contributed by atoms with Crippen LogP contribution in [0.2, 0.25) is 0 Å². The molecule has 0 aliphatic heterocycles. The summed E-state index contributed by atoms with van der Waals surface area (Å²) in [6.45, 7) is 3.78. The molecule has 1 rings (SSSR count). The zero-order valence-electron chi connectivity index (χ0n) is 11.4. The van der Waals surface area contributed by atoms with Gasteiger partial charge < -0.3 is 19.7 Å². The van der Waals surface area contributed by atoms with Gasteiger partial charge in [-0.25, -0.2) is 0 Å². The summed E-state index contributed by atoms with van der Waals surface area (Å²) in [6, 6.07) is 5.09. The number of benzene rings is 1. The normalized spacial score (nSPS) is 13.7. The lowest BCUT2D eigenvalue weighted by Gasteiger charge is -2.18. The molecule has 0 bridgehead atoms. The molecular formula is C14H20O5. The summed E-state index contributed by atoms with van der Waals surface area (Å²) in [5.74, 6) is 0.176. The predicted molar refractivity (Wildman–Crippen MR) is 69.9 cm³/mol. The van der Waals surface area contributed by atoms with Crippen LogP contribution in [0.15, 0.2) is 18.2 Å². The summed E-state index contributed by atoms with van der Waals surface area (Å²) in [7, 11) is 1.56. The molecule has 106 valence electrons. The van der Waals surface area contributed by atoms with Gasteiger partial charge in [0, 0.05) is 0 Å². The number of esters is 1. The summed E-state index contributed by atoms with van der Waals surface area (Å²) >= 11 is 0. The summed E-state index contributed by atoms with van der Waals surface area (Å²) in [4.78, 5) is 11.2. The number of carbonyl (C=O) groups is 1. The Bertz CT molecular complexity index is 430. The standard InChI is InChI=1S/C14H20O5/c1-4-19-13(16)8-11(15)14(17)10-5-6-12(18-3)9(2)7-10/h5-7,11,14-15,17H,4,8H2,1-3H3. The summed E-state index contributed by atoms with van der Waals surface area (Å²) in [5, 5.41) is 19.8. The second-order valence-electron chi connectivity index (χ2n) is 4.25. The summed E-state index contributed by atoms with van der Waals surface area (Å²) < 4.78 is 9.85. The monoisotopic (exact) mass is 268 g/mol. The average molecular weight is 268 g/mol. The van der Waals surface area contributed by atoms with Crippen LogP contribution in [0.3, 0.4) is 0 Å². The Hall–Kier alpha value is -1.59. The van der Waals surface area contributed by atoms with Crippen molar-refractivity contribution in [1.82, 2.24) is 0 Å². The van der Waals surface area contributed by atoms with Crippen LogP contribution in [0.1, 0.15) is 30.6 Å². The molecule has 5 nitrogen and oxygen atoms in total. The molecule has 19 heavy (non-hydrogen) atoms. The average Bonchev–Trinajstić information content (AvgIpc) is 2.37. The van der Waals surface area contributed by atoms with Gasteiger partial charge in [0.1, 0.15) is 11.9 Å². The van der Waals surface area contributed by atoms with E-state index < -0.39 is 18.2 Å². The lowest BCUT2D eigenvalue weighted by atomic mass is 10.00. The number of aliphatic hydroxyl groups is 2. The summed E-state index contributed by atoms with van der Waals surface area (Å²) in [6.07, 6.45) is -2.55. The molecule has 0 saturated heterocycles. The predicted octanol–water partition coefficient (Wildman–Crippen LogP) is 1.35. The lowest BCUT2D eigenvalue weighted by Crippen LogP contribution is -2.23. The van der Waals surface area contributed by atoms with Gasteiger partial charge in [-0.3, -0.25) is 4.79 Å². The van der Waals surface area contributed by atoms with Gasteiger partial charge in [-0.1, -0.05) is 6.07 Å². The SMILES string of the molecule is CCOC(=O)CC(O)C(O)c1ccc(OC)c(C)c1. The highest BCUT2D eigenvalue weighted by Crippen LogP contribution is 2.25. The fourth-order valence-electron chi connectivity index (χ4n) is 1.81.